The first-order chi connectivity index (χ1) is 12.8. The standard InChI is InChI=1S/C19H23N5O2/c25-19(15-3-5-16(6-4-15)23-12-20-21-13-23)22-7-8-24-17(9-22)10-26-11-18(24)14-1-2-14/h3-6,12-14,17-18H,1-2,7-11H2/t17-,18-/m1/s1. The van der Waals surface area contributed by atoms with Gasteiger partial charge in [-0.25, -0.2) is 0 Å². The third kappa shape index (κ3) is 2.91. The zero-order chi connectivity index (χ0) is 17.5. The Morgan fingerprint density at radius 3 is 2.54 bits per heavy atom. The zero-order valence-corrected chi connectivity index (χ0v) is 14.7. The van der Waals surface area contributed by atoms with Crippen molar-refractivity contribution < 1.29 is 9.53 Å². The van der Waals surface area contributed by atoms with E-state index in [1.165, 1.54) is 12.8 Å². The number of benzene rings is 1. The van der Waals surface area contributed by atoms with E-state index in [4.69, 9.17) is 4.74 Å². The first-order valence-corrected chi connectivity index (χ1v) is 9.37. The van der Waals surface area contributed by atoms with Crippen LogP contribution in [0.1, 0.15) is 23.2 Å². The van der Waals surface area contributed by atoms with E-state index in [1.807, 2.05) is 33.7 Å². The van der Waals surface area contributed by atoms with Crippen LogP contribution in [0.3, 0.4) is 0 Å². The number of nitrogens with zero attached hydrogens (tertiary/aromatic N) is 5. The van der Waals surface area contributed by atoms with Gasteiger partial charge in [0.25, 0.3) is 5.91 Å². The molecule has 0 N–H and O–H groups in total. The monoisotopic (exact) mass is 353 g/mol. The highest BCUT2D eigenvalue weighted by molar-refractivity contribution is 5.94. The molecule has 2 atom stereocenters. The fourth-order valence-electron chi connectivity index (χ4n) is 4.24. The van der Waals surface area contributed by atoms with E-state index in [2.05, 4.69) is 15.1 Å². The molecule has 136 valence electrons. The smallest absolute Gasteiger partial charge is 0.253 e. The fraction of sp³-hybridized carbons (Fsp3) is 0.526. The highest BCUT2D eigenvalue weighted by Gasteiger charge is 2.43. The average molecular weight is 353 g/mol. The third-order valence-corrected chi connectivity index (χ3v) is 5.84. The van der Waals surface area contributed by atoms with Gasteiger partial charge in [-0.15, -0.1) is 10.2 Å². The molecule has 3 aliphatic rings. The molecule has 5 rings (SSSR count). The van der Waals surface area contributed by atoms with Crippen molar-refractivity contribution in [3.63, 3.8) is 0 Å². The molecule has 0 spiro atoms. The first-order valence-electron chi connectivity index (χ1n) is 9.37. The molecule has 1 saturated carbocycles. The summed E-state index contributed by atoms with van der Waals surface area (Å²) in [5, 5.41) is 7.62. The normalized spacial score (nSPS) is 26.5. The minimum absolute atomic E-state index is 0.105. The van der Waals surface area contributed by atoms with Gasteiger partial charge in [-0.2, -0.15) is 0 Å². The number of hydrogen-bond acceptors (Lipinski definition) is 5. The minimum Gasteiger partial charge on any atom is -0.378 e. The van der Waals surface area contributed by atoms with Gasteiger partial charge >= 0.3 is 0 Å². The number of morpholine rings is 1. The number of carbonyl (C=O) groups excluding carboxylic acids is 1. The predicted molar refractivity (Wildman–Crippen MR) is 95.1 cm³/mol. The zero-order valence-electron chi connectivity index (χ0n) is 14.7. The second kappa shape index (κ2) is 6.48. The van der Waals surface area contributed by atoms with Gasteiger partial charge < -0.3 is 9.64 Å². The fourth-order valence-corrected chi connectivity index (χ4v) is 4.24. The molecule has 7 nitrogen and oxygen atoms in total. The summed E-state index contributed by atoms with van der Waals surface area (Å²) in [4.78, 5) is 17.5. The van der Waals surface area contributed by atoms with Crippen molar-refractivity contribution in [2.75, 3.05) is 32.8 Å². The molecule has 2 aromatic rings. The van der Waals surface area contributed by atoms with Crippen LogP contribution in [-0.2, 0) is 4.74 Å². The lowest BCUT2D eigenvalue weighted by Gasteiger charge is -2.48. The molecule has 1 amide bonds. The maximum atomic E-state index is 12.9. The van der Waals surface area contributed by atoms with Gasteiger partial charge in [0.2, 0.25) is 0 Å². The van der Waals surface area contributed by atoms with E-state index in [-0.39, 0.29) is 5.91 Å². The maximum Gasteiger partial charge on any atom is 0.253 e. The summed E-state index contributed by atoms with van der Waals surface area (Å²) in [6.45, 7) is 4.11. The Bertz CT molecular complexity index is 772. The molecule has 0 radical (unpaired) electrons. The number of amides is 1. The molecule has 3 fully saturated rings. The van der Waals surface area contributed by atoms with E-state index < -0.39 is 0 Å². The second-order valence-corrected chi connectivity index (χ2v) is 7.50. The van der Waals surface area contributed by atoms with Crippen LogP contribution in [0.2, 0.25) is 0 Å². The van der Waals surface area contributed by atoms with Crippen LogP contribution in [-0.4, -0.2) is 75.4 Å². The number of aromatic nitrogens is 3. The van der Waals surface area contributed by atoms with Crippen molar-refractivity contribution in [3.05, 3.63) is 42.5 Å². The molecule has 1 aliphatic carbocycles. The van der Waals surface area contributed by atoms with Crippen LogP contribution in [0.25, 0.3) is 5.69 Å². The highest BCUT2D eigenvalue weighted by atomic mass is 16.5. The Morgan fingerprint density at radius 1 is 1.04 bits per heavy atom. The third-order valence-electron chi connectivity index (χ3n) is 5.84. The van der Waals surface area contributed by atoms with E-state index >= 15 is 0 Å². The Morgan fingerprint density at radius 2 is 1.81 bits per heavy atom. The number of hydrogen-bond donors (Lipinski definition) is 0. The largest absolute Gasteiger partial charge is 0.378 e. The van der Waals surface area contributed by atoms with Gasteiger partial charge in [0.15, 0.2) is 0 Å². The predicted octanol–water partition coefficient (Wildman–Crippen LogP) is 1.20. The van der Waals surface area contributed by atoms with Crippen LogP contribution in [0.15, 0.2) is 36.9 Å². The van der Waals surface area contributed by atoms with Gasteiger partial charge in [0, 0.05) is 36.9 Å². The van der Waals surface area contributed by atoms with Crippen LogP contribution in [0.5, 0.6) is 0 Å². The lowest BCUT2D eigenvalue weighted by Crippen LogP contribution is -2.63. The highest BCUT2D eigenvalue weighted by Crippen LogP contribution is 2.38. The number of piperazine rings is 1. The van der Waals surface area contributed by atoms with Crippen LogP contribution in [0.4, 0.5) is 0 Å². The van der Waals surface area contributed by atoms with Crippen LogP contribution >= 0.6 is 0 Å². The second-order valence-electron chi connectivity index (χ2n) is 7.50. The minimum atomic E-state index is 0.105. The van der Waals surface area contributed by atoms with E-state index in [0.29, 0.717) is 12.1 Å². The topological polar surface area (TPSA) is 63.5 Å². The van der Waals surface area contributed by atoms with Crippen molar-refractivity contribution in [2.45, 2.75) is 24.9 Å². The summed E-state index contributed by atoms with van der Waals surface area (Å²) < 4.78 is 7.67. The summed E-state index contributed by atoms with van der Waals surface area (Å²) in [6.07, 6.45) is 5.96. The summed E-state index contributed by atoms with van der Waals surface area (Å²) >= 11 is 0. The maximum absolute atomic E-state index is 12.9. The molecule has 0 bridgehead atoms. The molecule has 7 heteroatoms. The number of ether oxygens (including phenoxy) is 1. The summed E-state index contributed by atoms with van der Waals surface area (Å²) in [5.74, 6) is 0.916. The van der Waals surface area contributed by atoms with E-state index in [9.17, 15) is 4.79 Å². The summed E-state index contributed by atoms with van der Waals surface area (Å²) in [5.41, 5.74) is 1.68. The Labute approximate surface area is 152 Å². The Balaban J connectivity index is 1.27. The molecule has 0 unspecified atom stereocenters. The number of rotatable bonds is 3. The van der Waals surface area contributed by atoms with Crippen molar-refractivity contribution in [1.82, 2.24) is 24.6 Å². The van der Waals surface area contributed by atoms with Crippen molar-refractivity contribution in [3.8, 4) is 5.69 Å². The van der Waals surface area contributed by atoms with Crippen molar-refractivity contribution in [2.24, 2.45) is 5.92 Å². The number of carbonyl (C=O) groups is 1. The lowest BCUT2D eigenvalue weighted by molar-refractivity contribution is -0.0816. The quantitative estimate of drug-likeness (QED) is 0.830. The van der Waals surface area contributed by atoms with Crippen LogP contribution < -0.4 is 0 Å². The lowest BCUT2D eigenvalue weighted by atomic mass is 10.0. The molecule has 1 aromatic carbocycles. The molecule has 2 aliphatic heterocycles. The average Bonchev–Trinajstić information content (AvgIpc) is 3.40. The summed E-state index contributed by atoms with van der Waals surface area (Å²) in [6, 6.07) is 8.53. The van der Waals surface area contributed by atoms with Crippen LogP contribution in [0, 0.1) is 5.92 Å². The number of fused-ring (bicyclic) bond motifs is 1. The van der Waals surface area contributed by atoms with E-state index in [1.54, 1.807) is 12.7 Å². The molecule has 26 heavy (non-hydrogen) atoms. The van der Waals surface area contributed by atoms with Crippen molar-refractivity contribution >= 4 is 5.91 Å². The van der Waals surface area contributed by atoms with Gasteiger partial charge in [-0.05, 0) is 43.0 Å². The molecule has 1 aromatic heterocycles. The Hall–Kier alpha value is -2.25. The molecule has 2 saturated heterocycles. The summed E-state index contributed by atoms with van der Waals surface area (Å²) in [7, 11) is 0. The van der Waals surface area contributed by atoms with Gasteiger partial charge in [0.05, 0.1) is 19.3 Å². The first kappa shape index (κ1) is 16.0. The van der Waals surface area contributed by atoms with Gasteiger partial charge in [-0.3, -0.25) is 14.3 Å². The Kier molecular flexibility index (Phi) is 3.98. The SMILES string of the molecule is O=C(c1ccc(-n2cnnc2)cc1)N1CCN2[C@@H](COC[C@@H]2C2CC2)C1. The van der Waals surface area contributed by atoms with Gasteiger partial charge in [0.1, 0.15) is 12.7 Å². The molecular weight excluding hydrogens is 330 g/mol. The molecule has 3 heterocycles. The van der Waals surface area contributed by atoms with Crippen molar-refractivity contribution in [1.29, 1.82) is 0 Å². The van der Waals surface area contributed by atoms with Gasteiger partial charge in [-0.1, -0.05) is 0 Å². The molecular formula is C19H23N5O2. The van der Waals surface area contributed by atoms with E-state index in [0.717, 1.165) is 50.0 Å².